The van der Waals surface area contributed by atoms with Crippen molar-refractivity contribution in [3.8, 4) is 0 Å². The summed E-state index contributed by atoms with van der Waals surface area (Å²) in [6, 6.07) is 2.79. The summed E-state index contributed by atoms with van der Waals surface area (Å²) in [7, 11) is 0. The molecule has 3 heteroatoms. The summed E-state index contributed by atoms with van der Waals surface area (Å²) in [4.78, 5) is 0. The number of hydrogen-bond acceptors (Lipinski definition) is 3. The normalized spacial score (nSPS) is 15.9. The van der Waals surface area contributed by atoms with Gasteiger partial charge in [-0.15, -0.1) is 0 Å². The van der Waals surface area contributed by atoms with E-state index in [1.165, 1.54) is 18.4 Å². The fourth-order valence-electron chi connectivity index (χ4n) is 1.69. The van der Waals surface area contributed by atoms with Gasteiger partial charge in [0.15, 0.2) is 0 Å². The van der Waals surface area contributed by atoms with Gasteiger partial charge in [0, 0.05) is 6.04 Å². The first-order valence-electron chi connectivity index (χ1n) is 6.30. The third-order valence-electron chi connectivity index (χ3n) is 2.89. The van der Waals surface area contributed by atoms with Crippen molar-refractivity contribution >= 4 is 0 Å². The van der Waals surface area contributed by atoms with Crippen LogP contribution < -0.4 is 5.32 Å². The Hall–Kier alpha value is -1.06. The van der Waals surface area contributed by atoms with Crippen LogP contribution in [0.25, 0.3) is 0 Å². The lowest BCUT2D eigenvalue weighted by atomic mass is 10.2. The zero-order valence-electron chi connectivity index (χ0n) is 10.7. The van der Waals surface area contributed by atoms with E-state index in [0.717, 1.165) is 18.1 Å². The van der Waals surface area contributed by atoms with E-state index < -0.39 is 0 Å². The lowest BCUT2D eigenvalue weighted by molar-refractivity contribution is 0.130. The molecule has 2 rings (SSSR count). The van der Waals surface area contributed by atoms with Crippen molar-refractivity contribution < 1.29 is 9.15 Å². The Morgan fingerprint density at radius 2 is 2.35 bits per heavy atom. The van der Waals surface area contributed by atoms with E-state index in [9.17, 15) is 0 Å². The van der Waals surface area contributed by atoms with Crippen LogP contribution in [0.4, 0.5) is 0 Å². The van der Waals surface area contributed by atoms with Gasteiger partial charge in [0.05, 0.1) is 13.2 Å². The second kappa shape index (κ2) is 6.03. The van der Waals surface area contributed by atoms with Gasteiger partial charge in [-0.05, 0) is 38.3 Å². The lowest BCUT2D eigenvalue weighted by Gasteiger charge is -2.00. The number of aryl methyl sites for hydroxylation is 1. The summed E-state index contributed by atoms with van der Waals surface area (Å²) < 4.78 is 11.2. The van der Waals surface area contributed by atoms with Crippen LogP contribution in [0.2, 0.25) is 0 Å². The molecule has 1 aliphatic carbocycles. The molecule has 17 heavy (non-hydrogen) atoms. The Balaban J connectivity index is 1.79. The van der Waals surface area contributed by atoms with Crippen molar-refractivity contribution in [2.45, 2.75) is 45.9 Å². The zero-order chi connectivity index (χ0) is 12.1. The number of nitrogens with one attached hydrogen (secondary N) is 1. The fraction of sp³-hybridized carbons (Fsp3) is 0.571. The molecule has 0 aromatic carbocycles. The highest BCUT2D eigenvalue weighted by atomic mass is 16.5. The summed E-state index contributed by atoms with van der Waals surface area (Å²) in [6.07, 6.45) is 6.59. The van der Waals surface area contributed by atoms with Gasteiger partial charge in [0.2, 0.25) is 0 Å². The van der Waals surface area contributed by atoms with E-state index in [4.69, 9.17) is 9.15 Å². The molecule has 0 unspecified atom stereocenters. The summed E-state index contributed by atoms with van der Waals surface area (Å²) in [5.41, 5.74) is 1.21. The van der Waals surface area contributed by atoms with Crippen LogP contribution in [0.5, 0.6) is 0 Å². The minimum atomic E-state index is 0.550. The summed E-state index contributed by atoms with van der Waals surface area (Å²) in [5.74, 6) is 1.96. The lowest BCUT2D eigenvalue weighted by Crippen LogP contribution is -2.15. The molecule has 1 aliphatic rings. The third kappa shape index (κ3) is 4.02. The van der Waals surface area contributed by atoms with Gasteiger partial charge in [-0.1, -0.05) is 12.2 Å². The van der Waals surface area contributed by atoms with Gasteiger partial charge < -0.3 is 14.5 Å². The van der Waals surface area contributed by atoms with E-state index in [0.29, 0.717) is 19.3 Å². The van der Waals surface area contributed by atoms with Crippen molar-refractivity contribution in [1.82, 2.24) is 5.32 Å². The topological polar surface area (TPSA) is 34.4 Å². The van der Waals surface area contributed by atoms with Crippen molar-refractivity contribution in [3.63, 3.8) is 0 Å². The molecule has 1 saturated carbocycles. The number of allylic oxidation sites excluding steroid dienone is 1. The van der Waals surface area contributed by atoms with Gasteiger partial charge >= 0.3 is 0 Å². The molecule has 1 aromatic rings. The van der Waals surface area contributed by atoms with Gasteiger partial charge in [0.1, 0.15) is 18.1 Å². The quantitative estimate of drug-likeness (QED) is 0.583. The number of hydrogen-bond donors (Lipinski definition) is 1. The first-order valence-corrected chi connectivity index (χ1v) is 6.30. The third-order valence-corrected chi connectivity index (χ3v) is 2.89. The number of ether oxygens (including phenoxy) is 1. The van der Waals surface area contributed by atoms with Gasteiger partial charge in [-0.25, -0.2) is 0 Å². The van der Waals surface area contributed by atoms with Crippen LogP contribution in [-0.2, 0) is 17.9 Å². The molecule has 0 amide bonds. The summed E-state index contributed by atoms with van der Waals surface area (Å²) >= 11 is 0. The minimum Gasteiger partial charge on any atom is -0.462 e. The zero-order valence-corrected chi connectivity index (χ0v) is 10.7. The molecule has 0 aliphatic heterocycles. The van der Waals surface area contributed by atoms with Gasteiger partial charge in [-0.2, -0.15) is 0 Å². The largest absolute Gasteiger partial charge is 0.462 e. The van der Waals surface area contributed by atoms with E-state index in [1.807, 2.05) is 19.1 Å². The van der Waals surface area contributed by atoms with E-state index in [-0.39, 0.29) is 0 Å². The second-order valence-electron chi connectivity index (χ2n) is 4.56. The average Bonchev–Trinajstić information content (AvgIpc) is 3.07. The molecule has 0 radical (unpaired) electrons. The van der Waals surface area contributed by atoms with Gasteiger partial charge in [0.25, 0.3) is 0 Å². The molecule has 0 saturated heterocycles. The van der Waals surface area contributed by atoms with Crippen LogP contribution in [0.15, 0.2) is 22.6 Å². The first-order chi connectivity index (χ1) is 8.29. The monoisotopic (exact) mass is 235 g/mol. The maximum atomic E-state index is 5.76. The van der Waals surface area contributed by atoms with Crippen LogP contribution in [0.1, 0.15) is 36.8 Å². The Morgan fingerprint density at radius 1 is 1.53 bits per heavy atom. The minimum absolute atomic E-state index is 0.550. The molecule has 94 valence electrons. The molecule has 1 aromatic heterocycles. The predicted molar refractivity (Wildman–Crippen MR) is 67.8 cm³/mol. The highest BCUT2D eigenvalue weighted by molar-refractivity contribution is 5.19. The number of furan rings is 1. The Morgan fingerprint density at radius 3 is 3.06 bits per heavy atom. The molecule has 1 fully saturated rings. The average molecular weight is 235 g/mol. The second-order valence-corrected chi connectivity index (χ2v) is 4.56. The summed E-state index contributed by atoms with van der Waals surface area (Å²) in [5, 5.41) is 3.46. The maximum Gasteiger partial charge on any atom is 0.130 e. The van der Waals surface area contributed by atoms with Crippen molar-refractivity contribution in [3.05, 3.63) is 35.3 Å². The Labute approximate surface area is 103 Å². The fourth-order valence-corrected chi connectivity index (χ4v) is 1.69. The number of rotatable bonds is 7. The maximum absolute atomic E-state index is 5.76. The molecular formula is C14H21NO2. The predicted octanol–water partition coefficient (Wildman–Crippen LogP) is 2.93. The van der Waals surface area contributed by atoms with Crippen molar-refractivity contribution in [1.29, 1.82) is 0 Å². The molecular weight excluding hydrogens is 214 g/mol. The van der Waals surface area contributed by atoms with Crippen molar-refractivity contribution in [2.24, 2.45) is 0 Å². The highest BCUT2D eigenvalue weighted by Gasteiger charge is 2.21. The Kier molecular flexibility index (Phi) is 4.40. The molecule has 1 N–H and O–H groups in total. The SMILES string of the molecule is C/C=C/COCc1cc(C)c(CNC2CC2)o1. The van der Waals surface area contributed by atoms with Gasteiger partial charge in [-0.3, -0.25) is 0 Å². The van der Waals surface area contributed by atoms with E-state index in [1.54, 1.807) is 0 Å². The smallest absolute Gasteiger partial charge is 0.130 e. The molecule has 1 heterocycles. The molecule has 0 atom stereocenters. The van der Waals surface area contributed by atoms with Crippen LogP contribution >= 0.6 is 0 Å². The molecule has 0 spiro atoms. The van der Waals surface area contributed by atoms with E-state index in [2.05, 4.69) is 18.3 Å². The van der Waals surface area contributed by atoms with Crippen LogP contribution in [0.3, 0.4) is 0 Å². The van der Waals surface area contributed by atoms with Crippen molar-refractivity contribution in [2.75, 3.05) is 6.61 Å². The van der Waals surface area contributed by atoms with Crippen LogP contribution in [-0.4, -0.2) is 12.6 Å². The standard InChI is InChI=1S/C14H21NO2/c1-3-4-7-16-10-13-8-11(2)14(17-13)9-15-12-5-6-12/h3-4,8,12,15H,5-7,9-10H2,1-2H3/b4-3+. The molecule has 0 bridgehead atoms. The summed E-state index contributed by atoms with van der Waals surface area (Å²) in [6.45, 7) is 6.11. The Bertz CT molecular complexity index is 378. The molecule has 3 nitrogen and oxygen atoms in total. The first kappa shape index (κ1) is 12.4. The highest BCUT2D eigenvalue weighted by Crippen LogP contribution is 2.21. The van der Waals surface area contributed by atoms with Crippen LogP contribution in [0, 0.1) is 6.92 Å². The van der Waals surface area contributed by atoms with E-state index >= 15 is 0 Å².